The maximum Gasteiger partial charge on any atom is 0.253 e. The largest absolute Gasteiger partial charge is 0.497 e. The monoisotopic (exact) mass is 491 g/mol. The topological polar surface area (TPSA) is 64.4 Å². The number of hydrogen-bond donors (Lipinski definition) is 0. The molecule has 0 aliphatic heterocycles. The molecule has 6 heteroatoms. The molecule has 3 aromatic rings. The summed E-state index contributed by atoms with van der Waals surface area (Å²) in [7, 11) is 1.59. The molecule has 36 heavy (non-hydrogen) atoms. The Bertz CT molecular complexity index is 1170. The Kier molecular flexibility index (Phi) is 9.68. The molecule has 2 aromatic carbocycles. The molecule has 6 nitrogen and oxygen atoms in total. The molecule has 0 aliphatic carbocycles. The number of imidazole rings is 1. The van der Waals surface area contributed by atoms with Gasteiger partial charge in [-0.3, -0.25) is 9.59 Å². The van der Waals surface area contributed by atoms with Gasteiger partial charge in [0.2, 0.25) is 5.78 Å². The van der Waals surface area contributed by atoms with Crippen LogP contribution < -0.4 is 4.74 Å². The number of unbranched alkanes of at least 4 members (excludes halogenated alkanes) is 1. The number of fused-ring (bicyclic) bond motifs is 1. The lowest BCUT2D eigenvalue weighted by molar-refractivity contribution is 0.0741. The molecule has 0 saturated heterocycles. The maximum atomic E-state index is 13.6. The van der Waals surface area contributed by atoms with Crippen molar-refractivity contribution in [1.82, 2.24) is 14.5 Å². The van der Waals surface area contributed by atoms with Gasteiger partial charge in [0.1, 0.15) is 5.75 Å². The van der Waals surface area contributed by atoms with E-state index in [0.717, 1.165) is 49.8 Å². The van der Waals surface area contributed by atoms with Crippen LogP contribution in [-0.4, -0.2) is 46.3 Å². The zero-order valence-corrected chi connectivity index (χ0v) is 22.7. The molecule has 0 atom stereocenters. The molecule has 1 aromatic heterocycles. The number of carbonyl (C=O) groups is 2. The van der Waals surface area contributed by atoms with Crippen LogP contribution in [0, 0.1) is 11.8 Å². The highest BCUT2D eigenvalue weighted by Crippen LogP contribution is 2.24. The Morgan fingerprint density at radius 1 is 0.972 bits per heavy atom. The normalized spacial score (nSPS) is 11.4. The fourth-order valence-electron chi connectivity index (χ4n) is 4.19. The summed E-state index contributed by atoms with van der Waals surface area (Å²) < 4.78 is 7.28. The minimum Gasteiger partial charge on any atom is -0.497 e. The van der Waals surface area contributed by atoms with E-state index in [4.69, 9.17) is 9.72 Å². The van der Waals surface area contributed by atoms with Gasteiger partial charge in [-0.05, 0) is 61.4 Å². The van der Waals surface area contributed by atoms with Gasteiger partial charge >= 0.3 is 0 Å². The molecule has 1 heterocycles. The van der Waals surface area contributed by atoms with E-state index in [9.17, 15) is 9.59 Å². The Hall–Kier alpha value is -3.15. The summed E-state index contributed by atoms with van der Waals surface area (Å²) in [6.07, 6.45) is 3.85. The van der Waals surface area contributed by atoms with Crippen molar-refractivity contribution >= 4 is 22.7 Å². The fourth-order valence-corrected chi connectivity index (χ4v) is 4.19. The van der Waals surface area contributed by atoms with Crippen LogP contribution in [0.1, 0.15) is 86.8 Å². The lowest BCUT2D eigenvalue weighted by Crippen LogP contribution is -2.34. The van der Waals surface area contributed by atoms with Crippen LogP contribution >= 0.6 is 0 Å². The van der Waals surface area contributed by atoms with E-state index in [2.05, 4.69) is 34.6 Å². The molecule has 0 unspecified atom stereocenters. The summed E-state index contributed by atoms with van der Waals surface area (Å²) in [5.74, 6) is 1.98. The number of rotatable bonds is 13. The SMILES string of the molecule is CCCCn1c(C(=O)c2cccc(OC)c2)nc2ccc(C(=O)N(CCC(C)C)CCC(C)C)cc21. The van der Waals surface area contributed by atoms with Crippen molar-refractivity contribution in [2.75, 3.05) is 20.2 Å². The Morgan fingerprint density at radius 2 is 1.67 bits per heavy atom. The molecule has 3 rings (SSSR count). The highest BCUT2D eigenvalue weighted by molar-refractivity contribution is 6.09. The molecule has 0 radical (unpaired) electrons. The summed E-state index contributed by atoms with van der Waals surface area (Å²) in [6.45, 7) is 13.0. The van der Waals surface area contributed by atoms with Crippen LogP contribution in [0.2, 0.25) is 0 Å². The first-order valence-electron chi connectivity index (χ1n) is 13.2. The van der Waals surface area contributed by atoms with Crippen molar-refractivity contribution in [1.29, 1.82) is 0 Å². The van der Waals surface area contributed by atoms with Crippen molar-refractivity contribution < 1.29 is 14.3 Å². The molecule has 194 valence electrons. The van der Waals surface area contributed by atoms with Gasteiger partial charge in [0.05, 0.1) is 18.1 Å². The van der Waals surface area contributed by atoms with Gasteiger partial charge < -0.3 is 14.2 Å². The van der Waals surface area contributed by atoms with E-state index in [1.807, 2.05) is 39.8 Å². The molecule has 0 bridgehead atoms. The molecule has 0 fully saturated rings. The van der Waals surface area contributed by atoms with Gasteiger partial charge in [-0.2, -0.15) is 0 Å². The van der Waals surface area contributed by atoms with Gasteiger partial charge in [-0.25, -0.2) is 4.98 Å². The van der Waals surface area contributed by atoms with E-state index in [1.165, 1.54) is 0 Å². The highest BCUT2D eigenvalue weighted by atomic mass is 16.5. The van der Waals surface area contributed by atoms with E-state index in [-0.39, 0.29) is 11.7 Å². The predicted molar refractivity (Wildman–Crippen MR) is 146 cm³/mol. The number of nitrogens with zero attached hydrogens (tertiary/aromatic N) is 3. The predicted octanol–water partition coefficient (Wildman–Crippen LogP) is 6.61. The molecular weight excluding hydrogens is 450 g/mol. The third-order valence-corrected chi connectivity index (χ3v) is 6.51. The fraction of sp³-hybridized carbons (Fsp3) is 0.500. The molecule has 1 amide bonds. The lowest BCUT2D eigenvalue weighted by atomic mass is 10.1. The van der Waals surface area contributed by atoms with Crippen molar-refractivity contribution in [3.05, 3.63) is 59.4 Å². The quantitative estimate of drug-likeness (QED) is 0.252. The second kappa shape index (κ2) is 12.7. The van der Waals surface area contributed by atoms with Crippen molar-refractivity contribution in [3.63, 3.8) is 0 Å². The Labute approximate surface area is 215 Å². The lowest BCUT2D eigenvalue weighted by Gasteiger charge is -2.24. The number of amides is 1. The summed E-state index contributed by atoms with van der Waals surface area (Å²) in [5.41, 5.74) is 2.73. The second-order valence-electron chi connectivity index (χ2n) is 10.4. The average Bonchev–Trinajstić information content (AvgIpc) is 3.23. The maximum absolute atomic E-state index is 13.6. The summed E-state index contributed by atoms with van der Waals surface area (Å²) in [4.78, 5) is 33.8. The molecule has 0 saturated carbocycles. The van der Waals surface area contributed by atoms with E-state index in [0.29, 0.717) is 41.1 Å². The Balaban J connectivity index is 2.00. The van der Waals surface area contributed by atoms with E-state index in [1.54, 1.807) is 19.2 Å². The van der Waals surface area contributed by atoms with E-state index >= 15 is 0 Å². The summed E-state index contributed by atoms with van der Waals surface area (Å²) in [6, 6.07) is 12.8. The van der Waals surface area contributed by atoms with Crippen LogP contribution in [-0.2, 0) is 6.54 Å². The number of benzene rings is 2. The zero-order valence-electron chi connectivity index (χ0n) is 22.7. The Morgan fingerprint density at radius 3 is 2.28 bits per heavy atom. The van der Waals surface area contributed by atoms with Crippen LogP contribution in [0.4, 0.5) is 0 Å². The van der Waals surface area contributed by atoms with Crippen LogP contribution in [0.3, 0.4) is 0 Å². The first-order chi connectivity index (χ1) is 17.2. The molecule has 0 N–H and O–H groups in total. The highest BCUT2D eigenvalue weighted by Gasteiger charge is 2.22. The van der Waals surface area contributed by atoms with E-state index < -0.39 is 0 Å². The van der Waals surface area contributed by atoms with Gasteiger partial charge in [-0.15, -0.1) is 0 Å². The second-order valence-corrected chi connectivity index (χ2v) is 10.4. The number of carbonyl (C=O) groups excluding carboxylic acids is 2. The van der Waals surface area contributed by atoms with Crippen molar-refractivity contribution in [2.24, 2.45) is 11.8 Å². The van der Waals surface area contributed by atoms with Crippen LogP contribution in [0.5, 0.6) is 5.75 Å². The molecular formula is C30H41N3O3. The first-order valence-corrected chi connectivity index (χ1v) is 13.2. The minimum atomic E-state index is -0.149. The van der Waals surface area contributed by atoms with Crippen molar-refractivity contribution in [3.8, 4) is 5.75 Å². The summed E-state index contributed by atoms with van der Waals surface area (Å²) >= 11 is 0. The first kappa shape index (κ1) is 27.4. The third kappa shape index (κ3) is 6.74. The molecule has 0 aliphatic rings. The van der Waals surface area contributed by atoms with Crippen LogP contribution in [0.25, 0.3) is 11.0 Å². The number of ether oxygens (including phenoxy) is 1. The number of hydrogen-bond acceptors (Lipinski definition) is 4. The van der Waals surface area contributed by atoms with Gasteiger partial charge in [-0.1, -0.05) is 53.2 Å². The summed E-state index contributed by atoms with van der Waals surface area (Å²) in [5, 5.41) is 0. The number of methoxy groups -OCH3 is 1. The van der Waals surface area contributed by atoms with Gasteiger partial charge in [0.25, 0.3) is 5.91 Å². The van der Waals surface area contributed by atoms with Gasteiger partial charge in [0, 0.05) is 30.8 Å². The number of aromatic nitrogens is 2. The molecule has 0 spiro atoms. The standard InChI is InChI=1S/C30H41N3O3/c1-7-8-16-33-27-20-24(30(35)32(17-14-21(2)3)18-15-22(4)5)12-13-26(27)31-29(33)28(34)23-10-9-11-25(19-23)36-6/h9-13,19-22H,7-8,14-18H2,1-6H3. The zero-order chi connectivity index (χ0) is 26.2. The minimum absolute atomic E-state index is 0.0436. The van der Waals surface area contributed by atoms with Gasteiger partial charge in [0.15, 0.2) is 5.82 Å². The third-order valence-electron chi connectivity index (χ3n) is 6.51. The smallest absolute Gasteiger partial charge is 0.253 e. The van der Waals surface area contributed by atoms with Crippen molar-refractivity contribution in [2.45, 2.75) is 66.8 Å². The van der Waals surface area contributed by atoms with Crippen LogP contribution in [0.15, 0.2) is 42.5 Å². The number of aryl methyl sites for hydroxylation is 1. The average molecular weight is 492 g/mol. The number of ketones is 1.